The maximum Gasteiger partial charge on any atom is 0.243 e. The summed E-state index contributed by atoms with van der Waals surface area (Å²) in [6.45, 7) is 1.08. The van der Waals surface area contributed by atoms with Gasteiger partial charge in [0.1, 0.15) is 0 Å². The molecule has 8 nitrogen and oxygen atoms in total. The van der Waals surface area contributed by atoms with Crippen molar-refractivity contribution in [3.8, 4) is 0 Å². The van der Waals surface area contributed by atoms with Crippen molar-refractivity contribution in [3.05, 3.63) is 48.5 Å². The van der Waals surface area contributed by atoms with Crippen molar-refractivity contribution in [3.63, 3.8) is 0 Å². The molecular weight excluding hydrogens is 466 g/mol. The molecule has 166 valence electrons. The minimum atomic E-state index is -3.55. The van der Waals surface area contributed by atoms with Gasteiger partial charge in [0.15, 0.2) is 5.16 Å². The first-order valence-electron chi connectivity index (χ1n) is 10.3. The smallest absolute Gasteiger partial charge is 0.243 e. The first kappa shape index (κ1) is 21.4. The van der Waals surface area contributed by atoms with Crippen LogP contribution in [0.2, 0.25) is 0 Å². The molecule has 32 heavy (non-hydrogen) atoms. The summed E-state index contributed by atoms with van der Waals surface area (Å²) in [5, 5.41) is 11.9. The first-order chi connectivity index (χ1) is 15.5. The molecule has 0 unspecified atom stereocenters. The number of anilines is 1. The molecule has 0 spiro atoms. The van der Waals surface area contributed by atoms with Crippen LogP contribution in [0.15, 0.2) is 58.6 Å². The Hall–Kier alpha value is -2.47. The predicted octanol–water partition coefficient (Wildman–Crippen LogP) is 3.85. The molecule has 0 aliphatic carbocycles. The average molecular weight is 488 g/mol. The molecule has 0 saturated carbocycles. The Balaban J connectivity index is 1.28. The number of thiazole rings is 1. The highest BCUT2D eigenvalue weighted by atomic mass is 32.2. The van der Waals surface area contributed by atoms with Crippen LogP contribution in [0.25, 0.3) is 15.2 Å². The van der Waals surface area contributed by atoms with E-state index in [-0.39, 0.29) is 16.6 Å². The van der Waals surface area contributed by atoms with Crippen LogP contribution in [0, 0.1) is 0 Å². The standard InChI is InChI=1S/C21H21N5O3S3/c27-19(14-30-20-23-24-21-26(20)17-9-2-3-10-18(17)31-21)22-15-7-6-8-16(13-15)32(28,29)25-11-4-1-5-12-25/h2-3,6-10,13H,1,4-5,11-12,14H2,(H,22,27). The number of aromatic nitrogens is 3. The second kappa shape index (κ2) is 8.81. The van der Waals surface area contributed by atoms with Gasteiger partial charge >= 0.3 is 0 Å². The zero-order valence-electron chi connectivity index (χ0n) is 17.1. The van der Waals surface area contributed by atoms with E-state index in [1.54, 1.807) is 29.5 Å². The van der Waals surface area contributed by atoms with E-state index in [0.29, 0.717) is 23.9 Å². The number of rotatable bonds is 6. The number of sulfonamides is 1. The van der Waals surface area contributed by atoms with Gasteiger partial charge in [0.25, 0.3) is 0 Å². The quantitative estimate of drug-likeness (QED) is 0.415. The SMILES string of the molecule is O=C(CSc1nnc2sc3ccccc3n12)Nc1cccc(S(=O)(=O)N2CCCCC2)c1. The minimum absolute atomic E-state index is 0.133. The molecule has 0 atom stereocenters. The lowest BCUT2D eigenvalue weighted by molar-refractivity contribution is -0.113. The zero-order chi connectivity index (χ0) is 22.1. The highest BCUT2D eigenvalue weighted by Gasteiger charge is 2.26. The van der Waals surface area contributed by atoms with Gasteiger partial charge in [-0.2, -0.15) is 4.31 Å². The lowest BCUT2D eigenvalue weighted by Crippen LogP contribution is -2.35. The molecule has 11 heteroatoms. The molecule has 1 saturated heterocycles. The molecule has 1 aliphatic rings. The Morgan fingerprint density at radius 3 is 2.72 bits per heavy atom. The molecule has 2 aromatic heterocycles. The van der Waals surface area contributed by atoms with Crippen molar-refractivity contribution in [2.24, 2.45) is 0 Å². The normalized spacial score (nSPS) is 15.4. The van der Waals surface area contributed by atoms with Crippen molar-refractivity contribution in [2.45, 2.75) is 29.3 Å². The van der Waals surface area contributed by atoms with Gasteiger partial charge in [0.2, 0.25) is 20.9 Å². The number of benzene rings is 2. The van der Waals surface area contributed by atoms with Crippen LogP contribution in [0.4, 0.5) is 5.69 Å². The first-order valence-corrected chi connectivity index (χ1v) is 13.5. The Labute approximate surface area is 193 Å². The molecule has 1 amide bonds. The van der Waals surface area contributed by atoms with Crippen LogP contribution >= 0.6 is 23.1 Å². The number of carbonyl (C=O) groups is 1. The fourth-order valence-corrected chi connectivity index (χ4v) is 7.10. The van der Waals surface area contributed by atoms with E-state index in [9.17, 15) is 13.2 Å². The summed E-state index contributed by atoms with van der Waals surface area (Å²) in [5.41, 5.74) is 1.47. The zero-order valence-corrected chi connectivity index (χ0v) is 19.5. The fourth-order valence-electron chi connectivity index (χ4n) is 3.76. The Kier molecular flexibility index (Phi) is 5.89. The average Bonchev–Trinajstić information content (AvgIpc) is 3.38. The number of fused-ring (bicyclic) bond motifs is 3. The molecule has 1 aliphatic heterocycles. The molecule has 0 bridgehead atoms. The summed E-state index contributed by atoms with van der Waals surface area (Å²) in [7, 11) is -3.55. The van der Waals surface area contributed by atoms with Gasteiger partial charge in [-0.25, -0.2) is 8.42 Å². The van der Waals surface area contributed by atoms with Crippen LogP contribution in [-0.4, -0.2) is 52.1 Å². The largest absolute Gasteiger partial charge is 0.325 e. The third-order valence-corrected chi connectivity index (χ3v) is 9.15. The Morgan fingerprint density at radius 2 is 1.88 bits per heavy atom. The van der Waals surface area contributed by atoms with E-state index < -0.39 is 10.0 Å². The molecule has 5 rings (SSSR count). The van der Waals surface area contributed by atoms with Crippen LogP contribution in [-0.2, 0) is 14.8 Å². The summed E-state index contributed by atoms with van der Waals surface area (Å²) < 4.78 is 30.4. The second-order valence-corrected chi connectivity index (χ2v) is 11.4. The lowest BCUT2D eigenvalue weighted by atomic mass is 10.2. The maximum absolute atomic E-state index is 12.9. The third kappa shape index (κ3) is 4.13. The summed E-state index contributed by atoms with van der Waals surface area (Å²) in [4.78, 5) is 13.5. The van der Waals surface area contributed by atoms with Gasteiger partial charge in [-0.15, -0.1) is 10.2 Å². The van der Waals surface area contributed by atoms with Crippen molar-refractivity contribution in [1.82, 2.24) is 18.9 Å². The number of nitrogens with one attached hydrogen (secondary N) is 1. The van der Waals surface area contributed by atoms with Crippen LogP contribution in [0.1, 0.15) is 19.3 Å². The molecule has 3 heterocycles. The number of hydrogen-bond acceptors (Lipinski definition) is 7. The topological polar surface area (TPSA) is 96.7 Å². The number of piperidine rings is 1. The summed E-state index contributed by atoms with van der Waals surface area (Å²) in [6.07, 6.45) is 2.81. The Morgan fingerprint density at radius 1 is 1.06 bits per heavy atom. The molecular formula is C21H21N5O3S3. The number of para-hydroxylation sites is 1. The lowest BCUT2D eigenvalue weighted by Gasteiger charge is -2.26. The third-order valence-electron chi connectivity index (χ3n) is 5.31. The Bertz CT molecular complexity index is 1390. The summed E-state index contributed by atoms with van der Waals surface area (Å²) in [6, 6.07) is 14.4. The summed E-state index contributed by atoms with van der Waals surface area (Å²) >= 11 is 2.84. The molecule has 1 fully saturated rings. The number of amides is 1. The van der Waals surface area contributed by atoms with E-state index in [0.717, 1.165) is 34.4 Å². The van der Waals surface area contributed by atoms with E-state index in [4.69, 9.17) is 0 Å². The molecule has 2 aromatic carbocycles. The maximum atomic E-state index is 12.9. The van der Waals surface area contributed by atoms with E-state index in [2.05, 4.69) is 15.5 Å². The van der Waals surface area contributed by atoms with E-state index in [1.807, 2.05) is 28.7 Å². The molecule has 1 N–H and O–H groups in total. The molecule has 0 radical (unpaired) electrons. The van der Waals surface area contributed by atoms with Gasteiger partial charge in [-0.05, 0) is 43.2 Å². The predicted molar refractivity (Wildman–Crippen MR) is 127 cm³/mol. The molecule has 4 aromatic rings. The minimum Gasteiger partial charge on any atom is -0.325 e. The van der Waals surface area contributed by atoms with E-state index in [1.165, 1.54) is 22.1 Å². The summed E-state index contributed by atoms with van der Waals surface area (Å²) in [5.74, 6) is -0.104. The number of carbonyl (C=O) groups excluding carboxylic acids is 1. The number of thioether (sulfide) groups is 1. The van der Waals surface area contributed by atoms with Crippen LogP contribution in [0.5, 0.6) is 0 Å². The van der Waals surface area contributed by atoms with E-state index >= 15 is 0 Å². The van der Waals surface area contributed by atoms with Gasteiger partial charge < -0.3 is 5.32 Å². The fraction of sp³-hybridized carbons (Fsp3) is 0.286. The van der Waals surface area contributed by atoms with Crippen molar-refractivity contribution >= 4 is 59.9 Å². The van der Waals surface area contributed by atoms with Gasteiger partial charge in [0.05, 0.1) is 20.9 Å². The van der Waals surface area contributed by atoms with Crippen LogP contribution in [0.3, 0.4) is 0 Å². The van der Waals surface area contributed by atoms with Crippen molar-refractivity contribution in [1.29, 1.82) is 0 Å². The highest BCUT2D eigenvalue weighted by Crippen LogP contribution is 2.29. The van der Waals surface area contributed by atoms with Gasteiger partial charge in [-0.1, -0.05) is 47.7 Å². The highest BCUT2D eigenvalue weighted by molar-refractivity contribution is 7.99. The van der Waals surface area contributed by atoms with Crippen molar-refractivity contribution < 1.29 is 13.2 Å². The second-order valence-electron chi connectivity index (χ2n) is 7.50. The van der Waals surface area contributed by atoms with Gasteiger partial charge in [0, 0.05) is 18.8 Å². The number of hydrogen-bond donors (Lipinski definition) is 1. The van der Waals surface area contributed by atoms with Crippen LogP contribution < -0.4 is 5.32 Å². The van der Waals surface area contributed by atoms with Crippen molar-refractivity contribution in [2.75, 3.05) is 24.2 Å². The number of nitrogens with zero attached hydrogens (tertiary/aromatic N) is 4. The van der Waals surface area contributed by atoms with Gasteiger partial charge in [-0.3, -0.25) is 9.20 Å². The monoisotopic (exact) mass is 487 g/mol.